The molecule has 0 radical (unpaired) electrons. The van der Waals surface area contributed by atoms with Crippen LogP contribution in [0.4, 0.5) is 5.88 Å². The number of para-hydroxylation sites is 1. The van der Waals surface area contributed by atoms with Crippen LogP contribution in [0.2, 0.25) is 0 Å². The van der Waals surface area contributed by atoms with Crippen LogP contribution in [0.1, 0.15) is 10.4 Å². The number of rotatable bonds is 3. The standard InChI is InChI=1S/C15H10N2O4/c16-14(18)11-8-4-7-10-12(9-5-2-1-3-6-9)15(17(19)20)21-13(10)11/h1-8H,(H2,16,18). The van der Waals surface area contributed by atoms with Gasteiger partial charge >= 0.3 is 5.88 Å². The molecule has 0 atom stereocenters. The number of primary amides is 1. The predicted octanol–water partition coefficient (Wildman–Crippen LogP) is 3.11. The molecule has 0 aliphatic rings. The number of amides is 1. The third kappa shape index (κ3) is 2.02. The van der Waals surface area contributed by atoms with Crippen molar-refractivity contribution >= 4 is 22.8 Å². The summed E-state index contributed by atoms with van der Waals surface area (Å²) in [5.74, 6) is -1.09. The fraction of sp³-hybridized carbons (Fsp3) is 0. The summed E-state index contributed by atoms with van der Waals surface area (Å²) in [6.45, 7) is 0. The van der Waals surface area contributed by atoms with Gasteiger partial charge in [0.15, 0.2) is 5.58 Å². The van der Waals surface area contributed by atoms with Crippen LogP contribution >= 0.6 is 0 Å². The SMILES string of the molecule is NC(=O)c1cccc2c(-c3ccccc3)c([N+](=O)[O-])oc12. The Balaban J connectivity index is 2.42. The first-order valence-corrected chi connectivity index (χ1v) is 6.14. The van der Waals surface area contributed by atoms with E-state index in [0.29, 0.717) is 16.5 Å². The summed E-state index contributed by atoms with van der Waals surface area (Å²) in [7, 11) is 0. The summed E-state index contributed by atoms with van der Waals surface area (Å²) in [5.41, 5.74) is 6.53. The Hall–Kier alpha value is -3.15. The number of benzene rings is 2. The Morgan fingerprint density at radius 1 is 1.10 bits per heavy atom. The molecule has 104 valence electrons. The Morgan fingerprint density at radius 3 is 2.43 bits per heavy atom. The highest BCUT2D eigenvalue weighted by Gasteiger charge is 2.27. The van der Waals surface area contributed by atoms with E-state index in [0.717, 1.165) is 0 Å². The van der Waals surface area contributed by atoms with Crippen molar-refractivity contribution in [3.05, 3.63) is 64.2 Å². The quantitative estimate of drug-likeness (QED) is 0.589. The lowest BCUT2D eigenvalue weighted by molar-refractivity contribution is -0.400. The number of carbonyl (C=O) groups is 1. The van der Waals surface area contributed by atoms with Gasteiger partial charge in [-0.05, 0) is 11.6 Å². The molecule has 0 aliphatic carbocycles. The smallest absolute Gasteiger partial charge is 0.399 e. The molecule has 0 aliphatic heterocycles. The van der Waals surface area contributed by atoms with E-state index in [-0.39, 0.29) is 11.1 Å². The molecule has 3 rings (SSSR count). The van der Waals surface area contributed by atoms with Crippen LogP contribution in [0.25, 0.3) is 22.1 Å². The predicted molar refractivity (Wildman–Crippen MR) is 76.8 cm³/mol. The molecule has 3 aromatic rings. The third-order valence-electron chi connectivity index (χ3n) is 3.19. The highest BCUT2D eigenvalue weighted by atomic mass is 16.6. The van der Waals surface area contributed by atoms with Gasteiger partial charge in [0.25, 0.3) is 5.91 Å². The summed E-state index contributed by atoms with van der Waals surface area (Å²) < 4.78 is 5.31. The van der Waals surface area contributed by atoms with Crippen molar-refractivity contribution in [3.63, 3.8) is 0 Å². The summed E-state index contributed by atoms with van der Waals surface area (Å²) >= 11 is 0. The van der Waals surface area contributed by atoms with Crippen LogP contribution in [0.3, 0.4) is 0 Å². The maximum atomic E-state index is 11.4. The minimum atomic E-state index is -0.691. The average Bonchev–Trinajstić information content (AvgIpc) is 2.87. The monoisotopic (exact) mass is 282 g/mol. The number of furan rings is 1. The Morgan fingerprint density at radius 2 is 1.81 bits per heavy atom. The molecule has 21 heavy (non-hydrogen) atoms. The van der Waals surface area contributed by atoms with E-state index in [1.807, 2.05) is 6.07 Å². The topological polar surface area (TPSA) is 99.4 Å². The van der Waals surface area contributed by atoms with Crippen LogP contribution in [0, 0.1) is 10.1 Å². The highest BCUT2D eigenvalue weighted by molar-refractivity contribution is 6.09. The van der Waals surface area contributed by atoms with E-state index >= 15 is 0 Å². The summed E-state index contributed by atoms with van der Waals surface area (Å²) in [4.78, 5) is 22.1. The van der Waals surface area contributed by atoms with E-state index < -0.39 is 16.7 Å². The lowest BCUT2D eigenvalue weighted by atomic mass is 10.0. The number of nitrogens with zero attached hydrogens (tertiary/aromatic N) is 1. The summed E-state index contributed by atoms with van der Waals surface area (Å²) in [6.07, 6.45) is 0. The highest BCUT2D eigenvalue weighted by Crippen LogP contribution is 2.40. The first-order chi connectivity index (χ1) is 10.1. The molecule has 0 saturated heterocycles. The second-order valence-electron chi connectivity index (χ2n) is 4.45. The molecule has 2 aromatic carbocycles. The van der Waals surface area contributed by atoms with Crippen LogP contribution in [-0.2, 0) is 0 Å². The van der Waals surface area contributed by atoms with Gasteiger partial charge in [-0.2, -0.15) is 0 Å². The fourth-order valence-corrected chi connectivity index (χ4v) is 2.31. The fourth-order valence-electron chi connectivity index (χ4n) is 2.31. The van der Waals surface area contributed by atoms with Gasteiger partial charge in [-0.25, -0.2) is 0 Å². The van der Waals surface area contributed by atoms with Crippen molar-refractivity contribution in [2.45, 2.75) is 0 Å². The van der Waals surface area contributed by atoms with Crippen LogP contribution in [0.15, 0.2) is 52.9 Å². The zero-order valence-corrected chi connectivity index (χ0v) is 10.8. The summed E-state index contributed by atoms with van der Waals surface area (Å²) in [5, 5.41) is 11.7. The molecule has 1 aromatic heterocycles. The van der Waals surface area contributed by atoms with E-state index in [1.165, 1.54) is 6.07 Å². The molecule has 1 amide bonds. The van der Waals surface area contributed by atoms with Gasteiger partial charge in [0.1, 0.15) is 10.5 Å². The van der Waals surface area contributed by atoms with Gasteiger partial charge in [0.05, 0.1) is 5.56 Å². The minimum Gasteiger partial charge on any atom is -0.399 e. The lowest BCUT2D eigenvalue weighted by Crippen LogP contribution is -2.10. The van der Waals surface area contributed by atoms with E-state index in [9.17, 15) is 14.9 Å². The Bertz CT molecular complexity index is 853. The molecular formula is C15H10N2O4. The van der Waals surface area contributed by atoms with Crippen molar-refractivity contribution in [2.75, 3.05) is 0 Å². The van der Waals surface area contributed by atoms with Crippen molar-refractivity contribution in [3.8, 4) is 11.1 Å². The molecule has 1 heterocycles. The van der Waals surface area contributed by atoms with Gasteiger partial charge in [0.2, 0.25) is 0 Å². The van der Waals surface area contributed by atoms with Gasteiger partial charge in [-0.1, -0.05) is 42.5 Å². The molecule has 0 bridgehead atoms. The van der Waals surface area contributed by atoms with Crippen molar-refractivity contribution in [2.24, 2.45) is 5.73 Å². The molecule has 0 fully saturated rings. The Labute approximate surface area is 118 Å². The number of nitrogens with two attached hydrogens (primary N) is 1. The summed E-state index contributed by atoms with van der Waals surface area (Å²) in [6, 6.07) is 13.6. The number of nitro groups is 1. The van der Waals surface area contributed by atoms with E-state index in [2.05, 4.69) is 0 Å². The molecular weight excluding hydrogens is 272 g/mol. The molecule has 2 N–H and O–H groups in total. The second-order valence-corrected chi connectivity index (χ2v) is 4.45. The van der Waals surface area contributed by atoms with Gasteiger partial charge in [-0.15, -0.1) is 0 Å². The molecule has 0 saturated carbocycles. The normalized spacial score (nSPS) is 10.7. The number of hydrogen-bond acceptors (Lipinski definition) is 4. The maximum Gasteiger partial charge on any atom is 0.442 e. The lowest BCUT2D eigenvalue weighted by Gasteiger charge is -1.98. The van der Waals surface area contributed by atoms with Gasteiger partial charge in [0, 0.05) is 5.39 Å². The molecule has 6 heteroatoms. The number of hydrogen-bond donors (Lipinski definition) is 1. The van der Waals surface area contributed by atoms with Crippen molar-refractivity contribution in [1.82, 2.24) is 0 Å². The van der Waals surface area contributed by atoms with Crippen molar-refractivity contribution in [1.29, 1.82) is 0 Å². The second kappa shape index (κ2) is 4.75. The van der Waals surface area contributed by atoms with Crippen molar-refractivity contribution < 1.29 is 14.1 Å². The van der Waals surface area contributed by atoms with Crippen LogP contribution < -0.4 is 5.73 Å². The third-order valence-corrected chi connectivity index (χ3v) is 3.19. The van der Waals surface area contributed by atoms with E-state index in [1.54, 1.807) is 36.4 Å². The van der Waals surface area contributed by atoms with Crippen LogP contribution in [0.5, 0.6) is 0 Å². The molecule has 0 spiro atoms. The molecule has 0 unspecified atom stereocenters. The van der Waals surface area contributed by atoms with Gasteiger partial charge in [-0.3, -0.25) is 14.9 Å². The maximum absolute atomic E-state index is 11.4. The number of fused-ring (bicyclic) bond motifs is 1. The molecule has 6 nitrogen and oxygen atoms in total. The first kappa shape index (κ1) is 12.9. The average molecular weight is 282 g/mol. The van der Waals surface area contributed by atoms with E-state index in [4.69, 9.17) is 10.2 Å². The zero-order chi connectivity index (χ0) is 15.0. The van der Waals surface area contributed by atoms with Gasteiger partial charge < -0.3 is 10.2 Å². The van der Waals surface area contributed by atoms with Crippen LogP contribution in [-0.4, -0.2) is 10.8 Å². The Kier molecular flexibility index (Phi) is 2.91. The number of carbonyl (C=O) groups excluding carboxylic acids is 1. The zero-order valence-electron chi connectivity index (χ0n) is 10.8. The largest absolute Gasteiger partial charge is 0.442 e. The minimum absolute atomic E-state index is 0.123. The first-order valence-electron chi connectivity index (χ1n) is 6.14.